The highest BCUT2D eigenvalue weighted by Crippen LogP contribution is 2.23. The molecule has 0 aliphatic carbocycles. The largest absolute Gasteiger partial charge is 0.496 e. The number of hydrogen-bond acceptors (Lipinski definition) is 5. The normalized spacial score (nSPS) is 11.1. The molecule has 2 aromatic carbocycles. The van der Waals surface area contributed by atoms with Crippen LogP contribution in [0.1, 0.15) is 11.1 Å². The average Bonchev–Trinajstić information content (AvgIpc) is 3.06. The summed E-state index contributed by atoms with van der Waals surface area (Å²) < 4.78 is 7.97. The summed E-state index contributed by atoms with van der Waals surface area (Å²) in [5.41, 5.74) is 2.11. The summed E-state index contributed by atoms with van der Waals surface area (Å²) in [7, 11) is 1.64. The van der Waals surface area contributed by atoms with Gasteiger partial charge in [0.15, 0.2) is 0 Å². The molecular formula is C17H15BrN4OS. The molecule has 0 saturated heterocycles. The van der Waals surface area contributed by atoms with Gasteiger partial charge in [0.05, 0.1) is 13.3 Å². The summed E-state index contributed by atoms with van der Waals surface area (Å²) in [6, 6.07) is 16.0. The molecule has 0 radical (unpaired) electrons. The first-order chi connectivity index (χ1) is 11.8. The van der Waals surface area contributed by atoms with E-state index in [4.69, 9.17) is 4.74 Å². The van der Waals surface area contributed by atoms with Crippen molar-refractivity contribution in [2.24, 2.45) is 5.10 Å². The van der Waals surface area contributed by atoms with E-state index in [2.05, 4.69) is 43.4 Å². The number of methoxy groups -OCH3 is 1. The molecule has 0 atom stereocenters. The standard InChI is InChI=1S/C17H15BrN4OS/c1-23-16-8-7-15(18)9-14(16)10-20-22-12-19-21-17(22)24-11-13-5-3-2-4-6-13/h2-10,12H,11H2,1H3/b20-10+. The summed E-state index contributed by atoms with van der Waals surface area (Å²) in [6.07, 6.45) is 3.33. The van der Waals surface area contributed by atoms with Crippen LogP contribution in [-0.2, 0) is 5.75 Å². The lowest BCUT2D eigenvalue weighted by atomic mass is 10.2. The number of halogens is 1. The van der Waals surface area contributed by atoms with E-state index in [0.717, 1.165) is 26.7 Å². The van der Waals surface area contributed by atoms with E-state index in [-0.39, 0.29) is 0 Å². The molecule has 0 spiro atoms. The summed E-state index contributed by atoms with van der Waals surface area (Å²) >= 11 is 5.05. The number of rotatable bonds is 6. The molecule has 24 heavy (non-hydrogen) atoms. The minimum absolute atomic E-state index is 0.740. The summed E-state index contributed by atoms with van der Waals surface area (Å²) in [6.45, 7) is 0. The second kappa shape index (κ2) is 8.12. The molecule has 0 saturated carbocycles. The van der Waals surface area contributed by atoms with Gasteiger partial charge >= 0.3 is 0 Å². The Morgan fingerprint density at radius 2 is 2.08 bits per heavy atom. The lowest BCUT2D eigenvalue weighted by Crippen LogP contribution is -1.95. The molecule has 0 N–H and O–H groups in total. The van der Waals surface area contributed by atoms with Crippen LogP contribution in [0, 0.1) is 0 Å². The first-order valence-corrected chi connectivity index (χ1v) is 8.99. The maximum absolute atomic E-state index is 5.35. The molecule has 0 unspecified atom stereocenters. The Kier molecular flexibility index (Phi) is 5.66. The summed E-state index contributed by atoms with van der Waals surface area (Å²) in [5.74, 6) is 1.57. The third-order valence-electron chi connectivity index (χ3n) is 3.22. The molecule has 1 heterocycles. The first kappa shape index (κ1) is 16.7. The van der Waals surface area contributed by atoms with Crippen molar-refractivity contribution in [1.82, 2.24) is 14.9 Å². The highest BCUT2D eigenvalue weighted by Gasteiger charge is 2.05. The van der Waals surface area contributed by atoms with Crippen molar-refractivity contribution in [1.29, 1.82) is 0 Å². The molecule has 3 aromatic rings. The number of thioether (sulfide) groups is 1. The number of benzene rings is 2. The smallest absolute Gasteiger partial charge is 0.212 e. The Hall–Kier alpha value is -2.12. The molecule has 5 nitrogen and oxygen atoms in total. The van der Waals surface area contributed by atoms with E-state index >= 15 is 0 Å². The third kappa shape index (κ3) is 4.24. The van der Waals surface area contributed by atoms with Gasteiger partial charge in [-0.3, -0.25) is 0 Å². The molecule has 3 rings (SSSR count). The zero-order valence-electron chi connectivity index (χ0n) is 13.0. The van der Waals surface area contributed by atoms with Crippen molar-refractivity contribution in [2.75, 3.05) is 7.11 Å². The summed E-state index contributed by atoms with van der Waals surface area (Å²) in [4.78, 5) is 0. The van der Waals surface area contributed by atoms with Crippen LogP contribution in [0.2, 0.25) is 0 Å². The number of hydrogen-bond donors (Lipinski definition) is 0. The third-order valence-corrected chi connectivity index (χ3v) is 4.72. The van der Waals surface area contributed by atoms with Crippen molar-refractivity contribution in [3.05, 3.63) is 70.5 Å². The Morgan fingerprint density at radius 3 is 2.88 bits per heavy atom. The van der Waals surface area contributed by atoms with E-state index in [1.165, 1.54) is 5.56 Å². The van der Waals surface area contributed by atoms with E-state index in [0.29, 0.717) is 0 Å². The van der Waals surface area contributed by atoms with Gasteiger partial charge in [-0.1, -0.05) is 58.0 Å². The van der Waals surface area contributed by atoms with Crippen LogP contribution in [0.25, 0.3) is 0 Å². The predicted molar refractivity (Wildman–Crippen MR) is 99.7 cm³/mol. The lowest BCUT2D eigenvalue weighted by molar-refractivity contribution is 0.414. The van der Waals surface area contributed by atoms with Crippen molar-refractivity contribution in [2.45, 2.75) is 10.9 Å². The quantitative estimate of drug-likeness (QED) is 0.457. The van der Waals surface area contributed by atoms with Crippen molar-refractivity contribution >= 4 is 33.9 Å². The molecular weight excluding hydrogens is 388 g/mol. The zero-order chi connectivity index (χ0) is 16.8. The molecule has 0 aliphatic rings. The number of ether oxygens (including phenoxy) is 1. The zero-order valence-corrected chi connectivity index (χ0v) is 15.4. The first-order valence-electron chi connectivity index (χ1n) is 7.21. The Labute approximate surface area is 152 Å². The van der Waals surface area contributed by atoms with Crippen LogP contribution >= 0.6 is 27.7 Å². The molecule has 0 fully saturated rings. The van der Waals surface area contributed by atoms with Gasteiger partial charge in [0.2, 0.25) is 5.16 Å². The Balaban J connectivity index is 1.75. The van der Waals surface area contributed by atoms with Gasteiger partial charge in [0.25, 0.3) is 0 Å². The minimum Gasteiger partial charge on any atom is -0.496 e. The Morgan fingerprint density at radius 1 is 1.25 bits per heavy atom. The van der Waals surface area contributed by atoms with Crippen LogP contribution < -0.4 is 4.74 Å². The van der Waals surface area contributed by atoms with Crippen LogP contribution in [-0.4, -0.2) is 28.2 Å². The fraction of sp³-hybridized carbons (Fsp3) is 0.118. The van der Waals surface area contributed by atoms with Gasteiger partial charge in [0.1, 0.15) is 12.1 Å². The predicted octanol–water partition coefficient (Wildman–Crippen LogP) is 4.22. The molecule has 0 bridgehead atoms. The van der Waals surface area contributed by atoms with Crippen molar-refractivity contribution < 1.29 is 4.74 Å². The number of nitrogens with zero attached hydrogens (tertiary/aromatic N) is 4. The molecule has 1 aromatic heterocycles. The van der Waals surface area contributed by atoms with E-state index in [1.807, 2.05) is 36.4 Å². The summed E-state index contributed by atoms with van der Waals surface area (Å²) in [5, 5.41) is 13.3. The highest BCUT2D eigenvalue weighted by atomic mass is 79.9. The molecule has 122 valence electrons. The maximum atomic E-state index is 5.35. The second-order valence-electron chi connectivity index (χ2n) is 4.86. The van der Waals surface area contributed by atoms with Crippen LogP contribution in [0.5, 0.6) is 5.75 Å². The van der Waals surface area contributed by atoms with Crippen molar-refractivity contribution in [3.8, 4) is 5.75 Å². The highest BCUT2D eigenvalue weighted by molar-refractivity contribution is 9.10. The van der Waals surface area contributed by atoms with E-state index in [9.17, 15) is 0 Å². The number of aromatic nitrogens is 3. The SMILES string of the molecule is COc1ccc(Br)cc1/C=N/n1cnnc1SCc1ccccc1. The van der Waals surface area contributed by atoms with E-state index in [1.54, 1.807) is 36.1 Å². The van der Waals surface area contributed by atoms with Gasteiger partial charge in [-0.2, -0.15) is 9.78 Å². The monoisotopic (exact) mass is 402 g/mol. The second-order valence-corrected chi connectivity index (χ2v) is 6.72. The Bertz CT molecular complexity index is 836. The van der Waals surface area contributed by atoms with Crippen LogP contribution in [0.15, 0.2) is 69.6 Å². The molecule has 7 heteroatoms. The van der Waals surface area contributed by atoms with Gasteiger partial charge in [-0.05, 0) is 23.8 Å². The van der Waals surface area contributed by atoms with Gasteiger partial charge in [0, 0.05) is 15.8 Å². The van der Waals surface area contributed by atoms with Crippen LogP contribution in [0.3, 0.4) is 0 Å². The van der Waals surface area contributed by atoms with E-state index < -0.39 is 0 Å². The molecule has 0 amide bonds. The molecule has 0 aliphatic heterocycles. The topological polar surface area (TPSA) is 52.3 Å². The van der Waals surface area contributed by atoms with Gasteiger partial charge < -0.3 is 4.74 Å². The van der Waals surface area contributed by atoms with Gasteiger partial charge in [-0.25, -0.2) is 0 Å². The fourth-order valence-corrected chi connectivity index (χ4v) is 3.24. The maximum Gasteiger partial charge on any atom is 0.212 e. The van der Waals surface area contributed by atoms with Crippen LogP contribution in [0.4, 0.5) is 0 Å². The fourth-order valence-electron chi connectivity index (χ4n) is 2.05. The van der Waals surface area contributed by atoms with Gasteiger partial charge in [-0.15, -0.1) is 10.2 Å². The lowest BCUT2D eigenvalue weighted by Gasteiger charge is -2.05. The average molecular weight is 403 g/mol. The van der Waals surface area contributed by atoms with Crippen molar-refractivity contribution in [3.63, 3.8) is 0 Å². The minimum atomic E-state index is 0.740.